The predicted octanol–water partition coefficient (Wildman–Crippen LogP) is 0.531. The van der Waals surface area contributed by atoms with Crippen molar-refractivity contribution in [1.29, 1.82) is 0 Å². The Morgan fingerprint density at radius 2 is 2.37 bits per heavy atom. The molecule has 0 bridgehead atoms. The number of terminal acetylenes is 1. The number of aliphatic carboxylic acids is 1. The number of carbonyl (C=O) groups excluding carboxylic acids is 1. The van der Waals surface area contributed by atoms with Crippen molar-refractivity contribution >= 4 is 12.0 Å². The zero-order chi connectivity index (χ0) is 14.3. The van der Waals surface area contributed by atoms with Crippen LogP contribution in [0.2, 0.25) is 0 Å². The van der Waals surface area contributed by atoms with Crippen molar-refractivity contribution in [2.45, 2.75) is 25.3 Å². The van der Waals surface area contributed by atoms with Crippen molar-refractivity contribution in [3.8, 4) is 12.3 Å². The smallest absolute Gasteiger partial charge is 0.327 e. The number of urea groups is 1. The lowest BCUT2D eigenvalue weighted by molar-refractivity contribution is -0.139. The van der Waals surface area contributed by atoms with Crippen LogP contribution in [0.15, 0.2) is 0 Å². The Morgan fingerprint density at radius 1 is 1.63 bits per heavy atom. The number of hydrogen-bond acceptors (Lipinski definition) is 3. The first-order valence-corrected chi connectivity index (χ1v) is 6.29. The van der Waals surface area contributed by atoms with E-state index in [1.165, 1.54) is 0 Å². The molecule has 6 nitrogen and oxygen atoms in total. The number of methoxy groups -OCH3 is 1. The number of carbonyl (C=O) groups is 2. The fraction of sp³-hybridized carbons (Fsp3) is 0.692. The first-order valence-electron chi connectivity index (χ1n) is 6.29. The van der Waals surface area contributed by atoms with Crippen molar-refractivity contribution in [3.63, 3.8) is 0 Å². The summed E-state index contributed by atoms with van der Waals surface area (Å²) in [5.41, 5.74) is 0. The topological polar surface area (TPSA) is 78.9 Å². The van der Waals surface area contributed by atoms with Crippen molar-refractivity contribution in [3.05, 3.63) is 0 Å². The van der Waals surface area contributed by atoms with Crippen LogP contribution in [0.5, 0.6) is 0 Å². The van der Waals surface area contributed by atoms with E-state index in [9.17, 15) is 9.59 Å². The van der Waals surface area contributed by atoms with Gasteiger partial charge in [-0.25, -0.2) is 9.59 Å². The highest BCUT2D eigenvalue weighted by Crippen LogP contribution is 2.16. The lowest BCUT2D eigenvalue weighted by atomic mass is 9.99. The minimum Gasteiger partial charge on any atom is -0.480 e. The van der Waals surface area contributed by atoms with Crippen molar-refractivity contribution in [2.75, 3.05) is 26.8 Å². The van der Waals surface area contributed by atoms with E-state index in [4.69, 9.17) is 16.3 Å². The molecule has 2 amide bonds. The molecule has 2 atom stereocenters. The Kier molecular flexibility index (Phi) is 6.16. The molecule has 0 aromatic heterocycles. The summed E-state index contributed by atoms with van der Waals surface area (Å²) in [6.07, 6.45) is 6.99. The molecule has 2 unspecified atom stereocenters. The Labute approximate surface area is 113 Å². The Balaban J connectivity index is 2.52. The van der Waals surface area contributed by atoms with Crippen LogP contribution in [0.4, 0.5) is 4.79 Å². The SMILES string of the molecule is C#CCC(NC(=O)N1CCCC(COC)C1)C(=O)O. The molecule has 1 aliphatic heterocycles. The summed E-state index contributed by atoms with van der Waals surface area (Å²) >= 11 is 0. The zero-order valence-corrected chi connectivity index (χ0v) is 11.1. The van der Waals surface area contributed by atoms with E-state index >= 15 is 0 Å². The minimum atomic E-state index is -1.11. The van der Waals surface area contributed by atoms with Gasteiger partial charge >= 0.3 is 12.0 Å². The van der Waals surface area contributed by atoms with Gasteiger partial charge in [-0.1, -0.05) is 0 Å². The van der Waals surface area contributed by atoms with Gasteiger partial charge in [-0.2, -0.15) is 0 Å². The van der Waals surface area contributed by atoms with E-state index in [0.717, 1.165) is 12.8 Å². The van der Waals surface area contributed by atoms with E-state index in [0.29, 0.717) is 25.6 Å². The summed E-state index contributed by atoms with van der Waals surface area (Å²) < 4.78 is 5.09. The molecule has 2 N–H and O–H groups in total. The standard InChI is InChI=1S/C13H20N2O4/c1-3-5-11(12(16)17)14-13(18)15-7-4-6-10(8-15)9-19-2/h1,10-11H,4-9H2,2H3,(H,14,18)(H,16,17). The molecule has 1 rings (SSSR count). The number of likely N-dealkylation sites (tertiary alicyclic amines) is 1. The second-order valence-electron chi connectivity index (χ2n) is 4.66. The molecule has 0 aromatic rings. The van der Waals surface area contributed by atoms with Crippen LogP contribution in [0.25, 0.3) is 0 Å². The lowest BCUT2D eigenvalue weighted by Gasteiger charge is -2.33. The molecule has 1 aliphatic rings. The number of carboxylic acid groups (broad SMARTS) is 1. The molecule has 106 valence electrons. The predicted molar refractivity (Wildman–Crippen MR) is 69.6 cm³/mol. The van der Waals surface area contributed by atoms with Crippen LogP contribution in [-0.4, -0.2) is 54.9 Å². The molecular formula is C13H20N2O4. The maximum atomic E-state index is 12.0. The second kappa shape index (κ2) is 7.64. The van der Waals surface area contributed by atoms with Crippen LogP contribution in [0.3, 0.4) is 0 Å². The number of ether oxygens (including phenoxy) is 1. The Morgan fingerprint density at radius 3 is 2.95 bits per heavy atom. The quantitative estimate of drug-likeness (QED) is 0.713. The van der Waals surface area contributed by atoms with E-state index < -0.39 is 12.0 Å². The average Bonchev–Trinajstić information content (AvgIpc) is 2.38. The maximum absolute atomic E-state index is 12.0. The molecule has 0 saturated carbocycles. The third-order valence-corrected chi connectivity index (χ3v) is 3.13. The Bertz CT molecular complexity index is 362. The van der Waals surface area contributed by atoms with Gasteiger partial charge in [-0.15, -0.1) is 12.3 Å². The van der Waals surface area contributed by atoms with Gasteiger partial charge in [0, 0.05) is 32.5 Å². The van der Waals surface area contributed by atoms with E-state index in [1.54, 1.807) is 12.0 Å². The minimum absolute atomic E-state index is 0.0174. The van der Waals surface area contributed by atoms with Crippen LogP contribution in [-0.2, 0) is 9.53 Å². The number of carboxylic acids is 1. The number of piperidine rings is 1. The van der Waals surface area contributed by atoms with E-state index in [-0.39, 0.29) is 12.5 Å². The highest BCUT2D eigenvalue weighted by atomic mass is 16.5. The van der Waals surface area contributed by atoms with Gasteiger partial charge in [0.1, 0.15) is 6.04 Å². The fourth-order valence-electron chi connectivity index (χ4n) is 2.18. The average molecular weight is 268 g/mol. The molecule has 1 fully saturated rings. The number of amides is 2. The summed E-state index contributed by atoms with van der Waals surface area (Å²) in [5.74, 6) is 1.44. The van der Waals surface area contributed by atoms with Crippen LogP contribution < -0.4 is 5.32 Å². The first kappa shape index (κ1) is 15.3. The largest absolute Gasteiger partial charge is 0.480 e. The third kappa shape index (κ3) is 4.79. The normalized spacial score (nSPS) is 20.4. The molecule has 0 radical (unpaired) electrons. The first-order chi connectivity index (χ1) is 9.08. The van der Waals surface area contributed by atoms with Crippen molar-refractivity contribution < 1.29 is 19.4 Å². The van der Waals surface area contributed by atoms with Gasteiger partial charge in [0.15, 0.2) is 0 Å². The van der Waals surface area contributed by atoms with Gasteiger partial charge < -0.3 is 20.1 Å². The molecule has 1 saturated heterocycles. The monoisotopic (exact) mass is 268 g/mol. The van der Waals surface area contributed by atoms with Gasteiger partial charge in [0.2, 0.25) is 0 Å². The Hall–Kier alpha value is -1.74. The van der Waals surface area contributed by atoms with Crippen LogP contribution in [0.1, 0.15) is 19.3 Å². The number of hydrogen-bond donors (Lipinski definition) is 2. The molecule has 1 heterocycles. The summed E-state index contributed by atoms with van der Waals surface area (Å²) in [6.45, 7) is 1.83. The summed E-state index contributed by atoms with van der Waals surface area (Å²) in [6, 6.07) is -1.40. The lowest BCUT2D eigenvalue weighted by Crippen LogP contribution is -2.51. The van der Waals surface area contributed by atoms with E-state index in [2.05, 4.69) is 11.2 Å². The molecule has 0 spiro atoms. The van der Waals surface area contributed by atoms with Crippen LogP contribution >= 0.6 is 0 Å². The van der Waals surface area contributed by atoms with Crippen LogP contribution in [0, 0.1) is 18.3 Å². The van der Waals surface area contributed by atoms with Gasteiger partial charge in [-0.3, -0.25) is 0 Å². The molecule has 0 aromatic carbocycles. The highest BCUT2D eigenvalue weighted by molar-refractivity contribution is 5.82. The number of rotatable bonds is 5. The molecule has 6 heteroatoms. The molecular weight excluding hydrogens is 248 g/mol. The second-order valence-corrected chi connectivity index (χ2v) is 4.66. The van der Waals surface area contributed by atoms with Gasteiger partial charge in [0.25, 0.3) is 0 Å². The van der Waals surface area contributed by atoms with Crippen molar-refractivity contribution in [1.82, 2.24) is 10.2 Å². The summed E-state index contributed by atoms with van der Waals surface area (Å²) in [5, 5.41) is 11.4. The van der Waals surface area contributed by atoms with Gasteiger partial charge in [0.05, 0.1) is 6.61 Å². The maximum Gasteiger partial charge on any atom is 0.327 e. The fourth-order valence-corrected chi connectivity index (χ4v) is 2.18. The molecule has 0 aliphatic carbocycles. The number of nitrogens with one attached hydrogen (secondary N) is 1. The molecule has 19 heavy (non-hydrogen) atoms. The van der Waals surface area contributed by atoms with Crippen molar-refractivity contribution in [2.24, 2.45) is 5.92 Å². The van der Waals surface area contributed by atoms with E-state index in [1.807, 2.05) is 0 Å². The zero-order valence-electron chi connectivity index (χ0n) is 11.1. The number of nitrogens with zero attached hydrogens (tertiary/aromatic N) is 1. The van der Waals surface area contributed by atoms with Gasteiger partial charge in [-0.05, 0) is 12.8 Å². The highest BCUT2D eigenvalue weighted by Gasteiger charge is 2.26. The summed E-state index contributed by atoms with van der Waals surface area (Å²) in [4.78, 5) is 24.5. The third-order valence-electron chi connectivity index (χ3n) is 3.13. The summed E-state index contributed by atoms with van der Waals surface area (Å²) in [7, 11) is 1.63.